The third-order valence-electron chi connectivity index (χ3n) is 4.49. The van der Waals surface area contributed by atoms with Gasteiger partial charge >= 0.3 is 6.18 Å². The molecule has 0 radical (unpaired) electrons. The van der Waals surface area contributed by atoms with Crippen LogP contribution in [0.2, 0.25) is 0 Å². The van der Waals surface area contributed by atoms with E-state index in [0.717, 1.165) is 25.7 Å². The van der Waals surface area contributed by atoms with Crippen LogP contribution in [0, 0.1) is 5.92 Å². The Bertz CT molecular complexity index is 602. The number of hydrogen-bond acceptors (Lipinski definition) is 4. The third kappa shape index (κ3) is 4.17. The van der Waals surface area contributed by atoms with E-state index in [1.807, 2.05) is 0 Å². The van der Waals surface area contributed by atoms with Crippen LogP contribution in [0.4, 0.5) is 13.2 Å². The minimum absolute atomic E-state index is 0.0860. The predicted molar refractivity (Wildman–Crippen MR) is 78.3 cm³/mol. The van der Waals surface area contributed by atoms with Gasteiger partial charge in [-0.15, -0.1) is 0 Å². The van der Waals surface area contributed by atoms with Gasteiger partial charge < -0.3 is 14.8 Å². The van der Waals surface area contributed by atoms with Crippen molar-refractivity contribution in [3.8, 4) is 5.88 Å². The fourth-order valence-electron chi connectivity index (χ4n) is 3.06. The summed E-state index contributed by atoms with van der Waals surface area (Å²) in [6, 6.07) is 3.02. The highest BCUT2D eigenvalue weighted by Crippen LogP contribution is 2.45. The molecular formula is C16H19F3N2O3. The Hall–Kier alpha value is -1.83. The van der Waals surface area contributed by atoms with Crippen molar-refractivity contribution < 1.29 is 27.4 Å². The molecule has 1 unspecified atom stereocenters. The molecule has 2 heterocycles. The summed E-state index contributed by atoms with van der Waals surface area (Å²) in [6.45, 7) is -0.743. The molecule has 1 aliphatic carbocycles. The van der Waals surface area contributed by atoms with Gasteiger partial charge in [-0.1, -0.05) is 0 Å². The van der Waals surface area contributed by atoms with Gasteiger partial charge in [-0.2, -0.15) is 13.2 Å². The first-order valence-electron chi connectivity index (χ1n) is 7.91. The van der Waals surface area contributed by atoms with Gasteiger partial charge in [0.2, 0.25) is 11.8 Å². The highest BCUT2D eigenvalue weighted by molar-refractivity contribution is 5.79. The minimum Gasteiger partial charge on any atom is -0.468 e. The van der Waals surface area contributed by atoms with Crippen molar-refractivity contribution in [1.29, 1.82) is 0 Å². The molecule has 2 fully saturated rings. The number of nitrogens with one attached hydrogen (secondary N) is 1. The van der Waals surface area contributed by atoms with Gasteiger partial charge in [0.05, 0.1) is 18.1 Å². The van der Waals surface area contributed by atoms with Crippen molar-refractivity contribution in [2.75, 3.05) is 13.2 Å². The summed E-state index contributed by atoms with van der Waals surface area (Å²) in [4.78, 5) is 15.9. The number of nitrogens with zero attached hydrogens (tertiary/aromatic N) is 1. The maximum Gasteiger partial charge on any atom is 0.422 e. The van der Waals surface area contributed by atoms with E-state index < -0.39 is 12.8 Å². The van der Waals surface area contributed by atoms with Crippen LogP contribution in [0.3, 0.4) is 0 Å². The maximum atomic E-state index is 12.2. The van der Waals surface area contributed by atoms with Gasteiger partial charge in [0.25, 0.3) is 0 Å². The van der Waals surface area contributed by atoms with Crippen molar-refractivity contribution in [2.24, 2.45) is 5.92 Å². The second kappa shape index (κ2) is 6.58. The topological polar surface area (TPSA) is 60.5 Å². The van der Waals surface area contributed by atoms with E-state index in [-0.39, 0.29) is 29.9 Å². The molecule has 2 aliphatic rings. The number of aromatic nitrogens is 1. The number of hydrogen-bond donors (Lipinski definition) is 1. The molecule has 132 valence electrons. The highest BCUT2D eigenvalue weighted by atomic mass is 19.4. The van der Waals surface area contributed by atoms with Gasteiger partial charge in [-0.3, -0.25) is 4.79 Å². The summed E-state index contributed by atoms with van der Waals surface area (Å²) in [5.74, 6) is -0.363. The molecule has 3 rings (SSSR count). The van der Waals surface area contributed by atoms with E-state index in [0.29, 0.717) is 12.2 Å². The van der Waals surface area contributed by atoms with Gasteiger partial charge in [-0.05, 0) is 37.3 Å². The zero-order chi connectivity index (χ0) is 17.2. The number of ether oxygens (including phenoxy) is 2. The van der Waals surface area contributed by atoms with Crippen LogP contribution in [0.15, 0.2) is 18.3 Å². The van der Waals surface area contributed by atoms with Crippen molar-refractivity contribution in [1.82, 2.24) is 10.3 Å². The van der Waals surface area contributed by atoms with E-state index in [1.54, 1.807) is 6.07 Å². The largest absolute Gasteiger partial charge is 0.468 e. The fraction of sp³-hybridized carbons (Fsp3) is 0.625. The third-order valence-corrected chi connectivity index (χ3v) is 4.49. The molecule has 8 heteroatoms. The van der Waals surface area contributed by atoms with Gasteiger partial charge in [0, 0.05) is 18.8 Å². The molecule has 0 bridgehead atoms. The average molecular weight is 344 g/mol. The summed E-state index contributed by atoms with van der Waals surface area (Å²) >= 11 is 0. The second-order valence-electron chi connectivity index (χ2n) is 6.37. The van der Waals surface area contributed by atoms with Crippen molar-refractivity contribution in [3.63, 3.8) is 0 Å². The Morgan fingerprint density at radius 2 is 2.25 bits per heavy atom. The zero-order valence-electron chi connectivity index (χ0n) is 13.1. The Morgan fingerprint density at radius 3 is 2.88 bits per heavy atom. The number of alkyl halides is 3. The number of carbonyl (C=O) groups excluding carboxylic acids is 1. The normalized spacial score (nSPS) is 22.2. The zero-order valence-corrected chi connectivity index (χ0v) is 13.1. The summed E-state index contributed by atoms with van der Waals surface area (Å²) in [5.41, 5.74) is 0.546. The smallest absolute Gasteiger partial charge is 0.422 e. The lowest BCUT2D eigenvalue weighted by Crippen LogP contribution is -2.37. The molecule has 1 saturated heterocycles. The Balaban J connectivity index is 1.48. The molecule has 1 N–H and O–H groups in total. The molecule has 1 aromatic rings. The number of rotatable bonds is 5. The van der Waals surface area contributed by atoms with Crippen molar-refractivity contribution >= 4 is 5.91 Å². The summed E-state index contributed by atoms with van der Waals surface area (Å²) < 4.78 is 46.8. The van der Waals surface area contributed by atoms with E-state index in [2.05, 4.69) is 15.0 Å². The van der Waals surface area contributed by atoms with E-state index >= 15 is 0 Å². The number of carbonyl (C=O) groups is 1. The van der Waals surface area contributed by atoms with Gasteiger partial charge in [0.1, 0.15) is 0 Å². The van der Waals surface area contributed by atoms with E-state index in [1.165, 1.54) is 12.3 Å². The van der Waals surface area contributed by atoms with Crippen LogP contribution in [0.25, 0.3) is 0 Å². The molecule has 1 atom stereocenters. The standard InChI is InChI=1S/C16H19F3N2O3/c17-16(18,19)10-23-13-6-11(2-5-20-13)8-21-14(22)12-7-15(24-9-12)3-1-4-15/h2,5-6,12H,1,3-4,7-10H2,(H,21,22). The minimum atomic E-state index is -4.41. The molecule has 1 aliphatic heterocycles. The molecular weight excluding hydrogens is 325 g/mol. The number of pyridine rings is 1. The quantitative estimate of drug-likeness (QED) is 0.892. The van der Waals surface area contributed by atoms with Crippen LogP contribution < -0.4 is 10.1 Å². The first-order chi connectivity index (χ1) is 11.4. The van der Waals surface area contributed by atoms with Gasteiger partial charge in [0.15, 0.2) is 6.61 Å². The highest BCUT2D eigenvalue weighted by Gasteiger charge is 2.46. The molecule has 1 aromatic heterocycles. The van der Waals surface area contributed by atoms with Crippen molar-refractivity contribution in [3.05, 3.63) is 23.9 Å². The molecule has 0 aromatic carbocycles. The summed E-state index contributed by atoms with van der Waals surface area (Å²) in [7, 11) is 0. The predicted octanol–water partition coefficient (Wildman–Crippen LogP) is 2.60. The van der Waals surface area contributed by atoms with Gasteiger partial charge in [-0.25, -0.2) is 4.98 Å². The van der Waals surface area contributed by atoms with Crippen LogP contribution in [0.1, 0.15) is 31.2 Å². The monoisotopic (exact) mass is 344 g/mol. The molecule has 1 saturated carbocycles. The lowest BCUT2D eigenvalue weighted by Gasteiger charge is -2.37. The van der Waals surface area contributed by atoms with Crippen LogP contribution in [-0.4, -0.2) is 35.9 Å². The number of amides is 1. The average Bonchev–Trinajstić information content (AvgIpc) is 2.96. The van der Waals surface area contributed by atoms with Crippen LogP contribution in [0.5, 0.6) is 5.88 Å². The Morgan fingerprint density at radius 1 is 1.46 bits per heavy atom. The van der Waals surface area contributed by atoms with E-state index in [9.17, 15) is 18.0 Å². The molecule has 1 amide bonds. The first-order valence-corrected chi connectivity index (χ1v) is 7.91. The summed E-state index contributed by atoms with van der Waals surface area (Å²) in [5, 5.41) is 2.80. The fourth-order valence-corrected chi connectivity index (χ4v) is 3.06. The lowest BCUT2D eigenvalue weighted by molar-refractivity contribution is -0.154. The molecule has 1 spiro atoms. The van der Waals surface area contributed by atoms with E-state index in [4.69, 9.17) is 4.74 Å². The van der Waals surface area contributed by atoms with Crippen LogP contribution >= 0.6 is 0 Å². The van der Waals surface area contributed by atoms with Crippen LogP contribution in [-0.2, 0) is 16.1 Å². The number of halogens is 3. The molecule has 24 heavy (non-hydrogen) atoms. The second-order valence-corrected chi connectivity index (χ2v) is 6.37. The Kier molecular flexibility index (Phi) is 4.67. The lowest BCUT2D eigenvalue weighted by atomic mass is 9.76. The Labute approximate surface area is 137 Å². The summed E-state index contributed by atoms with van der Waals surface area (Å²) in [6.07, 6.45) is 0.865. The SMILES string of the molecule is O=C(NCc1ccnc(OCC(F)(F)F)c1)C1COC2(CCC2)C1. The molecule has 5 nitrogen and oxygen atoms in total. The first kappa shape index (κ1) is 17.0. The van der Waals surface area contributed by atoms with Crippen molar-refractivity contribution in [2.45, 2.75) is 44.0 Å². The maximum absolute atomic E-state index is 12.2.